The van der Waals surface area contributed by atoms with Gasteiger partial charge in [-0.15, -0.1) is 0 Å². The van der Waals surface area contributed by atoms with Gasteiger partial charge in [0.25, 0.3) is 0 Å². The third-order valence-electron chi connectivity index (χ3n) is 3.76. The van der Waals surface area contributed by atoms with Crippen LogP contribution >= 0.6 is 0 Å². The molecule has 0 spiro atoms. The Morgan fingerprint density at radius 1 is 1.04 bits per heavy atom. The van der Waals surface area contributed by atoms with Crippen molar-refractivity contribution in [2.45, 2.75) is 25.6 Å². The smallest absolute Gasteiger partial charge is 0.416 e. The number of benzene rings is 2. The fraction of sp³-hybridized carbons (Fsp3) is 0.278. The standard InChI is InChI=1S/C18H18F3NO2/c1-22(12-14-7-2-4-8-15(14)18(19,20)21)17(24)11-10-13-6-3-5-9-16(13)23/h2-9,23H,10-12H2,1H3. The highest BCUT2D eigenvalue weighted by molar-refractivity contribution is 5.76. The van der Waals surface area contributed by atoms with Crippen molar-refractivity contribution < 1.29 is 23.1 Å². The summed E-state index contributed by atoms with van der Waals surface area (Å²) in [5, 5.41) is 9.67. The largest absolute Gasteiger partial charge is 0.508 e. The van der Waals surface area contributed by atoms with Gasteiger partial charge >= 0.3 is 6.18 Å². The number of aryl methyl sites for hydroxylation is 1. The number of amides is 1. The molecule has 0 saturated carbocycles. The molecule has 0 atom stereocenters. The van der Waals surface area contributed by atoms with E-state index < -0.39 is 11.7 Å². The highest BCUT2D eigenvalue weighted by atomic mass is 19.4. The van der Waals surface area contributed by atoms with E-state index in [1.165, 1.54) is 36.2 Å². The number of halogens is 3. The van der Waals surface area contributed by atoms with Gasteiger partial charge in [-0.1, -0.05) is 36.4 Å². The Kier molecular flexibility index (Phi) is 5.49. The average Bonchev–Trinajstić information content (AvgIpc) is 2.53. The van der Waals surface area contributed by atoms with Gasteiger partial charge in [0.1, 0.15) is 5.75 Å². The van der Waals surface area contributed by atoms with E-state index in [9.17, 15) is 23.1 Å². The molecule has 0 aliphatic heterocycles. The molecular formula is C18H18F3NO2. The Labute approximate surface area is 138 Å². The van der Waals surface area contributed by atoms with E-state index in [0.717, 1.165) is 6.07 Å². The van der Waals surface area contributed by atoms with Crippen LogP contribution in [-0.2, 0) is 23.9 Å². The molecule has 128 valence electrons. The summed E-state index contributed by atoms with van der Waals surface area (Å²) in [6, 6.07) is 11.9. The summed E-state index contributed by atoms with van der Waals surface area (Å²) < 4.78 is 38.9. The summed E-state index contributed by atoms with van der Waals surface area (Å²) in [4.78, 5) is 13.4. The number of aromatic hydroxyl groups is 1. The Bertz CT molecular complexity index is 713. The average molecular weight is 337 g/mol. The predicted molar refractivity (Wildman–Crippen MR) is 84.3 cm³/mol. The van der Waals surface area contributed by atoms with Crippen LogP contribution in [0.3, 0.4) is 0 Å². The number of hydrogen-bond acceptors (Lipinski definition) is 2. The molecule has 0 unspecified atom stereocenters. The van der Waals surface area contributed by atoms with Gasteiger partial charge in [0.2, 0.25) is 5.91 Å². The summed E-state index contributed by atoms with van der Waals surface area (Å²) in [5.41, 5.74) is -0.0382. The fourth-order valence-corrected chi connectivity index (χ4v) is 2.43. The normalized spacial score (nSPS) is 11.3. The second-order valence-electron chi connectivity index (χ2n) is 5.53. The van der Waals surface area contributed by atoms with Gasteiger partial charge in [0.05, 0.1) is 5.56 Å². The minimum Gasteiger partial charge on any atom is -0.508 e. The number of phenolic OH excluding ortho intramolecular Hbond substituents is 1. The maximum atomic E-state index is 13.0. The molecule has 2 rings (SSSR count). The molecule has 2 aromatic carbocycles. The van der Waals surface area contributed by atoms with E-state index in [0.29, 0.717) is 12.0 Å². The molecule has 3 nitrogen and oxygen atoms in total. The monoisotopic (exact) mass is 337 g/mol. The summed E-state index contributed by atoms with van der Waals surface area (Å²) in [5.74, 6) is -0.175. The van der Waals surface area contributed by atoms with Crippen LogP contribution in [0.15, 0.2) is 48.5 Å². The molecule has 0 bridgehead atoms. The lowest BCUT2D eigenvalue weighted by Crippen LogP contribution is -2.27. The summed E-state index contributed by atoms with van der Waals surface area (Å²) >= 11 is 0. The molecule has 0 aliphatic carbocycles. The number of phenols is 1. The van der Waals surface area contributed by atoms with E-state index >= 15 is 0 Å². The molecule has 24 heavy (non-hydrogen) atoms. The molecule has 0 aromatic heterocycles. The number of nitrogens with zero attached hydrogens (tertiary/aromatic N) is 1. The Morgan fingerprint density at radius 2 is 1.62 bits per heavy atom. The molecule has 1 N–H and O–H groups in total. The van der Waals surface area contributed by atoms with E-state index in [-0.39, 0.29) is 30.2 Å². The first-order chi connectivity index (χ1) is 11.3. The predicted octanol–water partition coefficient (Wildman–Crippen LogP) is 4.00. The SMILES string of the molecule is CN(Cc1ccccc1C(F)(F)F)C(=O)CCc1ccccc1O. The quantitative estimate of drug-likeness (QED) is 0.896. The van der Waals surface area contributed by atoms with Crippen molar-refractivity contribution in [3.05, 3.63) is 65.2 Å². The second-order valence-corrected chi connectivity index (χ2v) is 5.53. The molecule has 0 heterocycles. The van der Waals surface area contributed by atoms with Crippen molar-refractivity contribution in [2.75, 3.05) is 7.05 Å². The zero-order valence-electron chi connectivity index (χ0n) is 13.2. The van der Waals surface area contributed by atoms with Crippen LogP contribution in [0.1, 0.15) is 23.1 Å². The van der Waals surface area contributed by atoms with Crippen molar-refractivity contribution in [3.8, 4) is 5.75 Å². The summed E-state index contributed by atoms with van der Waals surface area (Å²) in [6.07, 6.45) is -4.00. The maximum absolute atomic E-state index is 13.0. The molecule has 0 fully saturated rings. The van der Waals surface area contributed by atoms with Crippen molar-refractivity contribution in [3.63, 3.8) is 0 Å². The summed E-state index contributed by atoms with van der Waals surface area (Å²) in [6.45, 7) is -0.116. The highest BCUT2D eigenvalue weighted by Gasteiger charge is 2.33. The zero-order valence-corrected chi connectivity index (χ0v) is 13.2. The van der Waals surface area contributed by atoms with Crippen molar-refractivity contribution in [2.24, 2.45) is 0 Å². The lowest BCUT2D eigenvalue weighted by molar-refractivity contribution is -0.139. The van der Waals surface area contributed by atoms with Gasteiger partial charge in [0.15, 0.2) is 0 Å². The Morgan fingerprint density at radius 3 is 2.25 bits per heavy atom. The van der Waals surface area contributed by atoms with Crippen molar-refractivity contribution in [1.82, 2.24) is 4.90 Å². The summed E-state index contributed by atoms with van der Waals surface area (Å²) in [7, 11) is 1.47. The minimum atomic E-state index is -4.45. The Balaban J connectivity index is 2.01. The van der Waals surface area contributed by atoms with E-state index in [1.54, 1.807) is 18.2 Å². The molecule has 0 saturated heterocycles. The van der Waals surface area contributed by atoms with Gasteiger partial charge in [-0.05, 0) is 29.7 Å². The molecule has 6 heteroatoms. The molecule has 2 aromatic rings. The van der Waals surface area contributed by atoms with Crippen molar-refractivity contribution >= 4 is 5.91 Å². The van der Waals surface area contributed by atoms with Crippen molar-refractivity contribution in [1.29, 1.82) is 0 Å². The number of carbonyl (C=O) groups excluding carboxylic acids is 1. The molecular weight excluding hydrogens is 319 g/mol. The van der Waals surface area contributed by atoms with Crippen LogP contribution in [0.4, 0.5) is 13.2 Å². The maximum Gasteiger partial charge on any atom is 0.416 e. The molecule has 0 radical (unpaired) electrons. The number of hydrogen-bond donors (Lipinski definition) is 1. The highest BCUT2D eigenvalue weighted by Crippen LogP contribution is 2.32. The van der Waals surface area contributed by atoms with Gasteiger partial charge in [-0.25, -0.2) is 0 Å². The fourth-order valence-electron chi connectivity index (χ4n) is 2.43. The first-order valence-electron chi connectivity index (χ1n) is 7.45. The minimum absolute atomic E-state index is 0.0587. The van der Waals surface area contributed by atoms with Crippen LogP contribution in [-0.4, -0.2) is 23.0 Å². The lowest BCUT2D eigenvalue weighted by Gasteiger charge is -2.20. The first-order valence-corrected chi connectivity index (χ1v) is 7.45. The Hall–Kier alpha value is -2.50. The van der Waals surface area contributed by atoms with Gasteiger partial charge < -0.3 is 10.0 Å². The first kappa shape index (κ1) is 17.8. The third-order valence-corrected chi connectivity index (χ3v) is 3.76. The van der Waals surface area contributed by atoms with E-state index in [4.69, 9.17) is 0 Å². The second kappa shape index (κ2) is 7.38. The third kappa shape index (κ3) is 4.50. The van der Waals surface area contributed by atoms with Crippen LogP contribution in [0.25, 0.3) is 0 Å². The van der Waals surface area contributed by atoms with Crippen LogP contribution in [0, 0.1) is 0 Å². The topological polar surface area (TPSA) is 40.5 Å². The zero-order chi connectivity index (χ0) is 17.7. The van der Waals surface area contributed by atoms with Gasteiger partial charge in [-0.2, -0.15) is 13.2 Å². The number of para-hydroxylation sites is 1. The van der Waals surface area contributed by atoms with Crippen LogP contribution in [0.5, 0.6) is 5.75 Å². The number of carbonyl (C=O) groups is 1. The number of alkyl halides is 3. The lowest BCUT2D eigenvalue weighted by atomic mass is 10.1. The van der Waals surface area contributed by atoms with Crippen LogP contribution in [0.2, 0.25) is 0 Å². The number of rotatable bonds is 5. The van der Waals surface area contributed by atoms with E-state index in [1.807, 2.05) is 0 Å². The van der Waals surface area contributed by atoms with E-state index in [2.05, 4.69) is 0 Å². The van der Waals surface area contributed by atoms with Crippen LogP contribution < -0.4 is 0 Å². The molecule has 0 aliphatic rings. The van der Waals surface area contributed by atoms with Gasteiger partial charge in [-0.3, -0.25) is 4.79 Å². The molecule has 1 amide bonds. The van der Waals surface area contributed by atoms with Gasteiger partial charge in [0, 0.05) is 20.0 Å².